The highest BCUT2D eigenvalue weighted by Crippen LogP contribution is 2.49. The van der Waals surface area contributed by atoms with Gasteiger partial charge in [-0.15, -0.1) is 0 Å². The zero-order valence-corrected chi connectivity index (χ0v) is 17.9. The lowest BCUT2D eigenvalue weighted by molar-refractivity contribution is -0.384. The number of nitrogens with zero attached hydrogens (tertiary/aromatic N) is 4. The second-order valence-corrected chi connectivity index (χ2v) is 8.64. The van der Waals surface area contributed by atoms with Crippen LogP contribution in [0.5, 0.6) is 0 Å². The number of ketones is 1. The predicted octanol–water partition coefficient (Wildman–Crippen LogP) is 4.52. The number of nitriles is 1. The van der Waals surface area contributed by atoms with E-state index in [1.165, 1.54) is 35.2 Å². The van der Waals surface area contributed by atoms with Crippen molar-refractivity contribution in [2.45, 2.75) is 25.2 Å². The Labute approximate surface area is 190 Å². The van der Waals surface area contributed by atoms with Crippen LogP contribution in [0.1, 0.15) is 30.1 Å². The molecule has 32 heavy (non-hydrogen) atoms. The Morgan fingerprint density at radius 3 is 2.53 bits per heavy atom. The Morgan fingerprint density at radius 1 is 1.19 bits per heavy atom. The van der Waals surface area contributed by atoms with Gasteiger partial charge in [-0.25, -0.2) is 0 Å². The summed E-state index contributed by atoms with van der Waals surface area (Å²) in [6.45, 7) is 0. The number of halogens is 1. The molecule has 1 atom stereocenters. The van der Waals surface area contributed by atoms with E-state index in [2.05, 4.69) is 6.07 Å². The molecule has 2 heterocycles. The Balaban J connectivity index is 1.94. The van der Waals surface area contributed by atoms with Gasteiger partial charge in [0.1, 0.15) is 5.82 Å². The molecule has 0 fully saturated rings. The number of carbonyl (C=O) groups is 1. The molecule has 2 N–H and O–H groups in total. The number of nitro benzene ring substituents is 1. The van der Waals surface area contributed by atoms with Crippen LogP contribution in [-0.2, 0) is 4.79 Å². The molecule has 2 aromatic rings. The first kappa shape index (κ1) is 21.5. The maximum Gasteiger partial charge on any atom is 0.324 e. The maximum absolute atomic E-state index is 13.0. The fourth-order valence-corrected chi connectivity index (χ4v) is 5.23. The Kier molecular flexibility index (Phi) is 5.41. The topological polar surface area (TPSA) is 156 Å². The van der Waals surface area contributed by atoms with Crippen molar-refractivity contribution in [3.63, 3.8) is 0 Å². The molecule has 2 aliphatic rings. The molecular formula is C20H14ClN5O5S. The van der Waals surface area contributed by atoms with Crippen LogP contribution >= 0.6 is 22.9 Å². The Hall–Kier alpha value is -3.75. The van der Waals surface area contributed by atoms with Crippen molar-refractivity contribution in [1.29, 1.82) is 5.26 Å². The zero-order chi connectivity index (χ0) is 23.2. The highest BCUT2D eigenvalue weighted by atomic mass is 35.5. The van der Waals surface area contributed by atoms with Crippen molar-refractivity contribution < 1.29 is 14.6 Å². The number of hydrogen-bond acceptors (Lipinski definition) is 9. The molecule has 1 aliphatic heterocycles. The Bertz CT molecular complexity index is 1290. The van der Waals surface area contributed by atoms with Gasteiger partial charge in [0.2, 0.25) is 0 Å². The lowest BCUT2D eigenvalue weighted by atomic mass is 9.78. The molecule has 0 radical (unpaired) electrons. The summed E-state index contributed by atoms with van der Waals surface area (Å²) in [5.41, 5.74) is 7.43. The number of carbonyl (C=O) groups excluding carboxylic acids is 1. The number of non-ortho nitro benzene ring substituents is 1. The minimum atomic E-state index is -0.824. The van der Waals surface area contributed by atoms with Gasteiger partial charge in [-0.05, 0) is 25.0 Å². The molecule has 4 rings (SSSR count). The van der Waals surface area contributed by atoms with E-state index in [-0.39, 0.29) is 39.3 Å². The van der Waals surface area contributed by atoms with Crippen molar-refractivity contribution >= 4 is 45.1 Å². The first-order valence-corrected chi connectivity index (χ1v) is 10.6. The van der Waals surface area contributed by atoms with Gasteiger partial charge in [0.25, 0.3) is 5.69 Å². The summed E-state index contributed by atoms with van der Waals surface area (Å²) in [6.07, 6.45) is 1.27. The minimum absolute atomic E-state index is 0.0257. The van der Waals surface area contributed by atoms with Crippen molar-refractivity contribution in [2.75, 3.05) is 4.90 Å². The number of nitrogens with two attached hydrogens (primary N) is 1. The number of Topliss-reactive ketones (excluding diaryl/α,β-unsaturated/α-hetero) is 1. The zero-order valence-electron chi connectivity index (χ0n) is 16.3. The largest absolute Gasteiger partial charge is 0.384 e. The van der Waals surface area contributed by atoms with Gasteiger partial charge < -0.3 is 5.73 Å². The normalized spacial score (nSPS) is 18.4. The second-order valence-electron chi connectivity index (χ2n) is 7.14. The monoisotopic (exact) mass is 471 g/mol. The van der Waals surface area contributed by atoms with Gasteiger partial charge in [-0.3, -0.25) is 29.9 Å². The van der Waals surface area contributed by atoms with Crippen LogP contribution in [0.25, 0.3) is 0 Å². The summed E-state index contributed by atoms with van der Waals surface area (Å²) >= 11 is 7.22. The van der Waals surface area contributed by atoms with Crippen LogP contribution in [0, 0.1) is 31.6 Å². The molecule has 1 aliphatic carbocycles. The molecule has 12 heteroatoms. The second kappa shape index (κ2) is 8.07. The van der Waals surface area contributed by atoms with Crippen molar-refractivity contribution in [3.8, 4) is 6.07 Å². The highest BCUT2D eigenvalue weighted by Gasteiger charge is 2.41. The first-order chi connectivity index (χ1) is 15.2. The fraction of sp³-hybridized carbons (Fsp3) is 0.200. The molecule has 1 aromatic heterocycles. The van der Waals surface area contributed by atoms with E-state index in [1.54, 1.807) is 0 Å². The standard InChI is InChI=1S/C20H14ClN5O5S/c21-12-8-10(25(28)29)4-5-13(12)24-14-2-1-3-15(27)19(14)18(11(9-22)20(24)23)16-6-7-17(32-16)26(30)31/h4-8,18H,1-3,23H2/t18-/m0/s1. The van der Waals surface area contributed by atoms with Crippen molar-refractivity contribution in [2.24, 2.45) is 5.73 Å². The molecule has 0 amide bonds. The average Bonchev–Trinajstić information content (AvgIpc) is 3.24. The number of anilines is 1. The van der Waals surface area contributed by atoms with Crippen molar-refractivity contribution in [1.82, 2.24) is 0 Å². The van der Waals surface area contributed by atoms with Crippen LogP contribution in [0.3, 0.4) is 0 Å². The Morgan fingerprint density at radius 2 is 1.94 bits per heavy atom. The number of allylic oxidation sites excluding steroid dienone is 3. The summed E-state index contributed by atoms with van der Waals surface area (Å²) in [7, 11) is 0. The number of hydrogen-bond donors (Lipinski definition) is 1. The summed E-state index contributed by atoms with van der Waals surface area (Å²) in [6, 6.07) is 8.77. The van der Waals surface area contributed by atoms with E-state index in [0.717, 1.165) is 11.3 Å². The lowest BCUT2D eigenvalue weighted by Gasteiger charge is -2.39. The van der Waals surface area contributed by atoms with Gasteiger partial charge in [-0.2, -0.15) is 5.26 Å². The average molecular weight is 472 g/mol. The third kappa shape index (κ3) is 3.39. The SMILES string of the molecule is N#CC1=C(N)N(c2ccc([N+](=O)[O-])cc2Cl)C2=C(C(=O)CCC2)[C@@H]1c1ccc([N+](=O)[O-])s1. The van der Waals surface area contributed by atoms with Crippen molar-refractivity contribution in [3.05, 3.63) is 83.1 Å². The molecule has 0 bridgehead atoms. The van der Waals surface area contributed by atoms with E-state index >= 15 is 0 Å². The number of thiophene rings is 1. The van der Waals surface area contributed by atoms with Gasteiger partial charge in [0, 0.05) is 40.8 Å². The molecule has 0 unspecified atom stereocenters. The predicted molar refractivity (Wildman–Crippen MR) is 117 cm³/mol. The van der Waals surface area contributed by atoms with Gasteiger partial charge >= 0.3 is 5.00 Å². The van der Waals surface area contributed by atoms with E-state index in [0.29, 0.717) is 34.7 Å². The quantitative estimate of drug-likeness (QED) is 0.503. The molecule has 1 aromatic carbocycles. The molecule has 10 nitrogen and oxygen atoms in total. The van der Waals surface area contributed by atoms with Crippen LogP contribution in [-0.4, -0.2) is 15.6 Å². The first-order valence-electron chi connectivity index (χ1n) is 9.38. The van der Waals surface area contributed by atoms with E-state index in [4.69, 9.17) is 17.3 Å². The summed E-state index contributed by atoms with van der Waals surface area (Å²) < 4.78 is 0. The van der Waals surface area contributed by atoms with Gasteiger partial charge in [-0.1, -0.05) is 22.9 Å². The van der Waals surface area contributed by atoms with E-state index in [9.17, 15) is 30.3 Å². The number of benzene rings is 1. The molecule has 162 valence electrons. The smallest absolute Gasteiger partial charge is 0.324 e. The number of rotatable bonds is 4. The molecule has 0 saturated carbocycles. The van der Waals surface area contributed by atoms with Crippen LogP contribution in [0.2, 0.25) is 5.02 Å². The maximum atomic E-state index is 13.0. The molecule has 0 spiro atoms. The van der Waals surface area contributed by atoms with E-state index in [1.807, 2.05) is 0 Å². The third-order valence-corrected chi connectivity index (χ3v) is 6.78. The van der Waals surface area contributed by atoms with Crippen LogP contribution < -0.4 is 10.6 Å². The van der Waals surface area contributed by atoms with Crippen LogP contribution in [0.4, 0.5) is 16.4 Å². The van der Waals surface area contributed by atoms with Crippen LogP contribution in [0.15, 0.2) is 53.0 Å². The summed E-state index contributed by atoms with van der Waals surface area (Å²) in [4.78, 5) is 36.1. The number of nitro groups is 2. The molecule has 0 saturated heterocycles. The molecular weight excluding hydrogens is 458 g/mol. The van der Waals surface area contributed by atoms with Gasteiger partial charge in [0.15, 0.2) is 5.78 Å². The lowest BCUT2D eigenvalue weighted by Crippen LogP contribution is -2.38. The highest BCUT2D eigenvalue weighted by molar-refractivity contribution is 7.15. The summed E-state index contributed by atoms with van der Waals surface area (Å²) in [5, 5.41) is 32.1. The van der Waals surface area contributed by atoms with E-state index < -0.39 is 15.8 Å². The third-order valence-electron chi connectivity index (χ3n) is 5.37. The van der Waals surface area contributed by atoms with Gasteiger partial charge in [0.05, 0.1) is 38.1 Å². The summed E-state index contributed by atoms with van der Waals surface area (Å²) in [5.74, 6) is -0.983. The minimum Gasteiger partial charge on any atom is -0.384 e. The fourth-order valence-electron chi connectivity index (χ4n) is 4.03.